The van der Waals surface area contributed by atoms with Crippen molar-refractivity contribution >= 4 is 44.8 Å². The molecule has 1 fully saturated rings. The topological polar surface area (TPSA) is 55.6 Å². The number of nitrogens with two attached hydrogens (primary N) is 1. The Bertz CT molecular complexity index is 582. The number of nitrogens with zero attached hydrogens (tertiary/aromatic N) is 1. The number of carbonyl (C=O) groups is 1. The van der Waals surface area contributed by atoms with Gasteiger partial charge < -0.3 is 15.4 Å². The highest BCUT2D eigenvalue weighted by atomic mass is 79.9. The molecule has 0 aliphatic carbocycles. The summed E-state index contributed by atoms with van der Waals surface area (Å²) < 4.78 is 19.6. The first-order valence-corrected chi connectivity index (χ1v) is 7.79. The molecule has 0 bridgehead atoms. The maximum Gasteiger partial charge on any atom is 0.328 e. The zero-order chi connectivity index (χ0) is 15.6. The molecule has 0 radical (unpaired) electrons. The van der Waals surface area contributed by atoms with Crippen LogP contribution < -0.4 is 10.6 Å². The van der Waals surface area contributed by atoms with Crippen molar-refractivity contribution in [1.29, 1.82) is 0 Å². The van der Waals surface area contributed by atoms with Crippen LogP contribution >= 0.6 is 28.1 Å². The largest absolute Gasteiger partial charge is 0.467 e. The van der Waals surface area contributed by atoms with E-state index in [1.165, 1.54) is 7.11 Å². The Morgan fingerprint density at radius 1 is 1.52 bits per heavy atom. The maximum atomic E-state index is 14.6. The summed E-state index contributed by atoms with van der Waals surface area (Å²) in [5.74, 6) is -0.806. The Hall–Kier alpha value is -1.21. The van der Waals surface area contributed by atoms with Gasteiger partial charge in [-0.2, -0.15) is 0 Å². The molecule has 0 saturated carbocycles. The first-order chi connectivity index (χ1) is 9.97. The number of methoxy groups -OCH3 is 1. The lowest BCUT2D eigenvalue weighted by Gasteiger charge is -2.36. The smallest absolute Gasteiger partial charge is 0.328 e. The molecule has 1 atom stereocenters. The fraction of sp³-hybridized carbons (Fsp3) is 0.429. The van der Waals surface area contributed by atoms with E-state index in [1.54, 1.807) is 17.0 Å². The van der Waals surface area contributed by atoms with E-state index in [1.807, 2.05) is 0 Å². The molecule has 1 aliphatic heterocycles. The standard InChI is InChI=1S/C14H16BrFN2O2S/c1-20-14(19)10-4-2-3-7-18(10)9-6-5-8(13(17)21)11(15)12(9)16/h5-6,10H,2-4,7H2,1H3,(H2,17,21). The molecule has 21 heavy (non-hydrogen) atoms. The molecular weight excluding hydrogens is 359 g/mol. The number of halogens is 2. The number of thiocarbonyl (C=S) groups is 1. The van der Waals surface area contributed by atoms with Gasteiger partial charge >= 0.3 is 5.97 Å². The normalized spacial score (nSPS) is 18.4. The lowest BCUT2D eigenvalue weighted by Crippen LogP contribution is -2.45. The van der Waals surface area contributed by atoms with Crippen LogP contribution in [0.15, 0.2) is 16.6 Å². The Balaban J connectivity index is 2.42. The monoisotopic (exact) mass is 374 g/mol. The van der Waals surface area contributed by atoms with Gasteiger partial charge in [-0.3, -0.25) is 0 Å². The third kappa shape index (κ3) is 3.18. The summed E-state index contributed by atoms with van der Waals surface area (Å²) in [6.45, 7) is 0.607. The van der Waals surface area contributed by atoms with Crippen LogP contribution in [0.3, 0.4) is 0 Å². The summed E-state index contributed by atoms with van der Waals surface area (Å²) in [4.78, 5) is 13.8. The molecule has 1 heterocycles. The minimum atomic E-state index is -0.462. The third-order valence-electron chi connectivity index (χ3n) is 3.61. The highest BCUT2D eigenvalue weighted by Gasteiger charge is 2.32. The predicted octanol–water partition coefficient (Wildman–Crippen LogP) is 2.75. The van der Waals surface area contributed by atoms with Gasteiger partial charge in [0, 0.05) is 12.1 Å². The van der Waals surface area contributed by atoms with Gasteiger partial charge in [0.2, 0.25) is 0 Å². The van der Waals surface area contributed by atoms with Crippen molar-refractivity contribution < 1.29 is 13.9 Å². The van der Waals surface area contributed by atoms with Crippen molar-refractivity contribution in [3.05, 3.63) is 28.0 Å². The number of rotatable bonds is 3. The van der Waals surface area contributed by atoms with E-state index >= 15 is 0 Å². The van der Waals surface area contributed by atoms with Crippen LogP contribution in [-0.4, -0.2) is 30.7 Å². The Kier molecular flexibility index (Phi) is 5.16. The molecule has 114 valence electrons. The minimum Gasteiger partial charge on any atom is -0.467 e. The van der Waals surface area contributed by atoms with E-state index in [-0.39, 0.29) is 15.4 Å². The third-order valence-corrected chi connectivity index (χ3v) is 4.61. The summed E-state index contributed by atoms with van der Waals surface area (Å²) in [5.41, 5.74) is 6.36. The number of piperidine rings is 1. The summed E-state index contributed by atoms with van der Waals surface area (Å²) in [7, 11) is 1.34. The van der Waals surface area contributed by atoms with Gasteiger partial charge in [-0.25, -0.2) is 9.18 Å². The van der Waals surface area contributed by atoms with Gasteiger partial charge in [0.05, 0.1) is 17.3 Å². The Labute approximate surface area is 136 Å². The Morgan fingerprint density at radius 3 is 2.86 bits per heavy atom. The quantitative estimate of drug-likeness (QED) is 0.651. The first kappa shape index (κ1) is 16.2. The maximum absolute atomic E-state index is 14.6. The van der Waals surface area contributed by atoms with Crippen LogP contribution in [0.4, 0.5) is 10.1 Å². The number of esters is 1. The van der Waals surface area contributed by atoms with E-state index in [4.69, 9.17) is 22.7 Å². The predicted molar refractivity (Wildman–Crippen MR) is 87.0 cm³/mol. The van der Waals surface area contributed by atoms with Crippen LogP contribution in [0.5, 0.6) is 0 Å². The number of hydrogen-bond acceptors (Lipinski definition) is 4. The van der Waals surface area contributed by atoms with Gasteiger partial charge in [0.1, 0.15) is 11.0 Å². The SMILES string of the molecule is COC(=O)C1CCCCN1c1ccc(C(N)=S)c(Br)c1F. The van der Waals surface area contributed by atoms with Crippen LogP contribution in [0.25, 0.3) is 0 Å². The van der Waals surface area contributed by atoms with Gasteiger partial charge in [-0.15, -0.1) is 0 Å². The summed E-state index contributed by atoms with van der Waals surface area (Å²) in [6.07, 6.45) is 2.48. The molecule has 1 aliphatic rings. The van der Waals surface area contributed by atoms with Crippen molar-refractivity contribution in [3.8, 4) is 0 Å². The fourth-order valence-corrected chi connectivity index (χ4v) is 3.40. The van der Waals surface area contributed by atoms with E-state index in [0.717, 1.165) is 12.8 Å². The van der Waals surface area contributed by atoms with E-state index < -0.39 is 11.9 Å². The molecule has 0 aromatic heterocycles. The lowest BCUT2D eigenvalue weighted by atomic mass is 10.0. The highest BCUT2D eigenvalue weighted by molar-refractivity contribution is 9.10. The van der Waals surface area contributed by atoms with Crippen molar-refractivity contribution in [2.75, 3.05) is 18.6 Å². The average Bonchev–Trinajstić information content (AvgIpc) is 2.49. The lowest BCUT2D eigenvalue weighted by molar-refractivity contribution is -0.142. The van der Waals surface area contributed by atoms with E-state index in [2.05, 4.69) is 15.9 Å². The average molecular weight is 375 g/mol. The summed E-state index contributed by atoms with van der Waals surface area (Å²) in [5, 5.41) is 0. The molecule has 4 nitrogen and oxygen atoms in total. The Morgan fingerprint density at radius 2 is 2.24 bits per heavy atom. The second-order valence-corrected chi connectivity index (χ2v) is 6.09. The van der Waals surface area contributed by atoms with Crippen molar-refractivity contribution in [1.82, 2.24) is 0 Å². The molecule has 7 heteroatoms. The van der Waals surface area contributed by atoms with Crippen molar-refractivity contribution in [2.24, 2.45) is 5.73 Å². The van der Waals surface area contributed by atoms with Gasteiger partial charge in [0.15, 0.2) is 5.82 Å². The summed E-state index contributed by atoms with van der Waals surface area (Å²) >= 11 is 8.07. The highest BCUT2D eigenvalue weighted by Crippen LogP contribution is 2.33. The van der Waals surface area contributed by atoms with Crippen LogP contribution in [0, 0.1) is 5.82 Å². The number of carbonyl (C=O) groups excluding carboxylic acids is 1. The number of benzene rings is 1. The van der Waals surface area contributed by atoms with Crippen LogP contribution in [0.1, 0.15) is 24.8 Å². The second kappa shape index (κ2) is 6.70. The molecule has 0 spiro atoms. The molecule has 0 amide bonds. The molecule has 1 aromatic rings. The number of hydrogen-bond donors (Lipinski definition) is 1. The van der Waals surface area contributed by atoms with Gasteiger partial charge in [0.25, 0.3) is 0 Å². The molecular formula is C14H16BrFN2O2S. The molecule has 2 rings (SSSR count). The molecule has 1 unspecified atom stereocenters. The zero-order valence-electron chi connectivity index (χ0n) is 11.6. The van der Waals surface area contributed by atoms with E-state index in [0.29, 0.717) is 24.2 Å². The minimum absolute atomic E-state index is 0.121. The summed E-state index contributed by atoms with van der Waals surface area (Å²) in [6, 6.07) is 2.81. The fourth-order valence-electron chi connectivity index (χ4n) is 2.55. The second-order valence-electron chi connectivity index (χ2n) is 4.85. The van der Waals surface area contributed by atoms with Crippen molar-refractivity contribution in [2.45, 2.75) is 25.3 Å². The first-order valence-electron chi connectivity index (χ1n) is 6.59. The van der Waals surface area contributed by atoms with Gasteiger partial charge in [-0.05, 0) is 47.3 Å². The van der Waals surface area contributed by atoms with Gasteiger partial charge in [-0.1, -0.05) is 12.2 Å². The molecule has 1 aromatic carbocycles. The van der Waals surface area contributed by atoms with Crippen LogP contribution in [-0.2, 0) is 9.53 Å². The molecule has 2 N–H and O–H groups in total. The van der Waals surface area contributed by atoms with Crippen LogP contribution in [0.2, 0.25) is 0 Å². The number of anilines is 1. The molecule has 1 saturated heterocycles. The number of ether oxygens (including phenoxy) is 1. The van der Waals surface area contributed by atoms with E-state index in [9.17, 15) is 9.18 Å². The zero-order valence-corrected chi connectivity index (χ0v) is 14.0. The van der Waals surface area contributed by atoms with Crippen molar-refractivity contribution in [3.63, 3.8) is 0 Å².